The maximum absolute atomic E-state index is 11.0. The number of nitrogens with one attached hydrogen (secondary N) is 3. The minimum Gasteiger partial charge on any atom is -0.367 e. The highest BCUT2D eigenvalue weighted by atomic mass is 16.2. The molecule has 3 N–H and O–H groups in total. The van der Waals surface area contributed by atoms with E-state index in [1.807, 2.05) is 18.5 Å². The molecule has 2 rings (SSSR count). The summed E-state index contributed by atoms with van der Waals surface area (Å²) in [6.07, 6.45) is 3.76. The Morgan fingerprint density at radius 3 is 3.08 bits per heavy atom. The second-order valence-electron chi connectivity index (χ2n) is 2.90. The lowest BCUT2D eigenvalue weighted by Crippen LogP contribution is -2.46. The van der Waals surface area contributed by atoms with Crippen molar-refractivity contribution in [2.75, 3.05) is 13.1 Å². The largest absolute Gasteiger partial charge is 0.367 e. The van der Waals surface area contributed by atoms with Crippen LogP contribution in [0.1, 0.15) is 11.6 Å². The van der Waals surface area contributed by atoms with Crippen molar-refractivity contribution in [1.82, 2.24) is 15.6 Å². The highest BCUT2D eigenvalue weighted by Gasteiger charge is 2.18. The highest BCUT2D eigenvalue weighted by molar-refractivity contribution is 5.79. The van der Waals surface area contributed by atoms with Crippen LogP contribution in [0.3, 0.4) is 0 Å². The Kier molecular flexibility index (Phi) is 1.83. The van der Waals surface area contributed by atoms with Crippen molar-refractivity contribution in [3.8, 4) is 0 Å². The average Bonchev–Trinajstić information content (AvgIpc) is 2.56. The van der Waals surface area contributed by atoms with Gasteiger partial charge in [0.25, 0.3) is 0 Å². The van der Waals surface area contributed by atoms with Crippen molar-refractivity contribution in [2.45, 2.75) is 6.04 Å². The van der Waals surface area contributed by atoms with Gasteiger partial charge in [-0.05, 0) is 11.6 Å². The van der Waals surface area contributed by atoms with Gasteiger partial charge in [0.15, 0.2) is 0 Å². The second-order valence-corrected chi connectivity index (χ2v) is 2.90. The summed E-state index contributed by atoms with van der Waals surface area (Å²) in [5.41, 5.74) is 1.12. The lowest BCUT2D eigenvalue weighted by molar-refractivity contribution is -0.122. The molecule has 1 atom stereocenters. The van der Waals surface area contributed by atoms with E-state index in [-0.39, 0.29) is 11.9 Å². The smallest absolute Gasteiger partial charge is 0.234 e. The van der Waals surface area contributed by atoms with Crippen LogP contribution in [0.15, 0.2) is 18.5 Å². The molecule has 1 aromatic heterocycles. The Morgan fingerprint density at radius 2 is 2.42 bits per heavy atom. The normalized spacial score (nSPS) is 23.7. The summed E-state index contributed by atoms with van der Waals surface area (Å²) in [5.74, 6) is 0.0625. The summed E-state index contributed by atoms with van der Waals surface area (Å²) in [4.78, 5) is 13.9. The van der Waals surface area contributed by atoms with E-state index in [0.29, 0.717) is 6.54 Å². The predicted octanol–water partition coefficient (Wildman–Crippen LogP) is -0.225. The molecule has 12 heavy (non-hydrogen) atoms. The summed E-state index contributed by atoms with van der Waals surface area (Å²) < 4.78 is 0. The van der Waals surface area contributed by atoms with Crippen molar-refractivity contribution < 1.29 is 4.79 Å². The number of piperazine rings is 1. The quantitative estimate of drug-likeness (QED) is 0.538. The molecule has 64 valence electrons. The molecule has 4 nitrogen and oxygen atoms in total. The first-order valence-corrected chi connectivity index (χ1v) is 3.99. The Hall–Kier alpha value is -1.29. The third-order valence-electron chi connectivity index (χ3n) is 1.99. The Morgan fingerprint density at radius 1 is 1.50 bits per heavy atom. The number of rotatable bonds is 1. The molecule has 1 fully saturated rings. The maximum Gasteiger partial charge on any atom is 0.234 e. The van der Waals surface area contributed by atoms with Gasteiger partial charge in [-0.25, -0.2) is 0 Å². The second kappa shape index (κ2) is 2.98. The van der Waals surface area contributed by atoms with E-state index >= 15 is 0 Å². The molecule has 0 bridgehead atoms. The summed E-state index contributed by atoms with van der Waals surface area (Å²) in [6.45, 7) is 1.24. The summed E-state index contributed by atoms with van der Waals surface area (Å²) in [5, 5.41) is 5.94. The molecule has 1 aromatic rings. The van der Waals surface area contributed by atoms with E-state index in [1.165, 1.54) is 0 Å². The Bertz CT molecular complexity index is 268. The number of carbonyl (C=O) groups excluding carboxylic acids is 1. The number of hydrogen-bond acceptors (Lipinski definition) is 2. The molecule has 1 saturated heterocycles. The molecule has 1 unspecified atom stereocenters. The molecule has 1 amide bonds. The summed E-state index contributed by atoms with van der Waals surface area (Å²) in [7, 11) is 0. The van der Waals surface area contributed by atoms with Crippen LogP contribution in [0, 0.1) is 0 Å². The standard InChI is InChI=1S/C8H11N3O/c12-8-5-10-4-7(11-8)6-1-2-9-3-6/h1-3,7,9-10H,4-5H2,(H,11,12). The molecule has 0 radical (unpaired) electrons. The first-order chi connectivity index (χ1) is 5.86. The van der Waals surface area contributed by atoms with Gasteiger partial charge in [0, 0.05) is 18.9 Å². The fourth-order valence-electron chi connectivity index (χ4n) is 1.38. The van der Waals surface area contributed by atoms with Gasteiger partial charge in [0.1, 0.15) is 0 Å². The van der Waals surface area contributed by atoms with Crippen LogP contribution in [-0.2, 0) is 4.79 Å². The van der Waals surface area contributed by atoms with Gasteiger partial charge in [-0.3, -0.25) is 4.79 Å². The molecule has 0 saturated carbocycles. The van der Waals surface area contributed by atoms with Gasteiger partial charge >= 0.3 is 0 Å². The van der Waals surface area contributed by atoms with Crippen molar-refractivity contribution in [3.63, 3.8) is 0 Å². The Balaban J connectivity index is 2.09. The van der Waals surface area contributed by atoms with Crippen LogP contribution >= 0.6 is 0 Å². The molecular weight excluding hydrogens is 154 g/mol. The number of hydrogen-bond donors (Lipinski definition) is 3. The zero-order valence-electron chi connectivity index (χ0n) is 6.63. The van der Waals surface area contributed by atoms with E-state index < -0.39 is 0 Å². The van der Waals surface area contributed by atoms with Crippen LogP contribution in [-0.4, -0.2) is 24.0 Å². The molecule has 0 aliphatic carbocycles. The minimum absolute atomic E-state index is 0.0625. The number of amides is 1. The lowest BCUT2D eigenvalue weighted by atomic mass is 10.1. The van der Waals surface area contributed by atoms with Crippen LogP contribution in [0.25, 0.3) is 0 Å². The van der Waals surface area contributed by atoms with Crippen molar-refractivity contribution in [1.29, 1.82) is 0 Å². The summed E-state index contributed by atoms with van der Waals surface area (Å²) >= 11 is 0. The van der Waals surface area contributed by atoms with Crippen LogP contribution in [0.4, 0.5) is 0 Å². The van der Waals surface area contributed by atoms with Gasteiger partial charge in [-0.2, -0.15) is 0 Å². The van der Waals surface area contributed by atoms with Gasteiger partial charge in [0.2, 0.25) is 5.91 Å². The molecule has 1 aliphatic rings. The topological polar surface area (TPSA) is 56.9 Å². The molecule has 0 spiro atoms. The SMILES string of the molecule is O=C1CNCC(c2cc[nH]c2)N1. The zero-order chi connectivity index (χ0) is 8.39. The lowest BCUT2D eigenvalue weighted by Gasteiger charge is -2.23. The van der Waals surface area contributed by atoms with Crippen molar-refractivity contribution in [3.05, 3.63) is 24.0 Å². The first-order valence-electron chi connectivity index (χ1n) is 3.99. The fraction of sp³-hybridized carbons (Fsp3) is 0.375. The maximum atomic E-state index is 11.0. The molecule has 4 heteroatoms. The number of aromatic amines is 1. The zero-order valence-corrected chi connectivity index (χ0v) is 6.63. The number of carbonyl (C=O) groups is 1. The monoisotopic (exact) mass is 165 g/mol. The molecular formula is C8H11N3O. The average molecular weight is 165 g/mol. The van der Waals surface area contributed by atoms with E-state index in [9.17, 15) is 4.79 Å². The van der Waals surface area contributed by atoms with Crippen LogP contribution in [0.5, 0.6) is 0 Å². The van der Waals surface area contributed by atoms with Gasteiger partial charge in [0.05, 0.1) is 12.6 Å². The van der Waals surface area contributed by atoms with Crippen LogP contribution in [0.2, 0.25) is 0 Å². The third-order valence-corrected chi connectivity index (χ3v) is 1.99. The van der Waals surface area contributed by atoms with Crippen molar-refractivity contribution >= 4 is 5.91 Å². The molecule has 2 heterocycles. The summed E-state index contributed by atoms with van der Waals surface area (Å²) in [6, 6.07) is 2.09. The van der Waals surface area contributed by atoms with Gasteiger partial charge in [-0.15, -0.1) is 0 Å². The van der Waals surface area contributed by atoms with E-state index in [1.54, 1.807) is 0 Å². The minimum atomic E-state index is 0.0625. The van der Waals surface area contributed by atoms with Gasteiger partial charge in [-0.1, -0.05) is 0 Å². The Labute approximate surface area is 70.4 Å². The number of aromatic nitrogens is 1. The predicted molar refractivity (Wildman–Crippen MR) is 44.5 cm³/mol. The molecule has 1 aliphatic heterocycles. The van der Waals surface area contributed by atoms with Crippen molar-refractivity contribution in [2.24, 2.45) is 0 Å². The van der Waals surface area contributed by atoms with E-state index in [4.69, 9.17) is 0 Å². The third kappa shape index (κ3) is 1.33. The van der Waals surface area contributed by atoms with E-state index in [0.717, 1.165) is 12.1 Å². The van der Waals surface area contributed by atoms with Crippen LogP contribution < -0.4 is 10.6 Å². The van der Waals surface area contributed by atoms with E-state index in [2.05, 4.69) is 15.6 Å². The highest BCUT2D eigenvalue weighted by Crippen LogP contribution is 2.11. The number of H-pyrrole nitrogens is 1. The first kappa shape index (κ1) is 7.36. The molecule has 0 aromatic carbocycles. The fourth-order valence-corrected chi connectivity index (χ4v) is 1.38. The van der Waals surface area contributed by atoms with Gasteiger partial charge < -0.3 is 15.6 Å².